The van der Waals surface area contributed by atoms with Crippen LogP contribution in [0.2, 0.25) is 0 Å². The third kappa shape index (κ3) is 5.72. The molecular weight excluding hydrogens is 316 g/mol. The SMILES string of the molecule is CCCCc1ccc(NC(=O)C(=O)NCc2ccccc2CO)cc1. The third-order valence-corrected chi connectivity index (χ3v) is 3.97. The molecule has 0 aromatic heterocycles. The van der Waals surface area contributed by atoms with Gasteiger partial charge in [0, 0.05) is 12.2 Å². The van der Waals surface area contributed by atoms with Gasteiger partial charge < -0.3 is 15.7 Å². The van der Waals surface area contributed by atoms with E-state index in [1.54, 1.807) is 24.3 Å². The molecule has 132 valence electrons. The van der Waals surface area contributed by atoms with E-state index in [0.717, 1.165) is 30.4 Å². The lowest BCUT2D eigenvalue weighted by Crippen LogP contribution is -2.35. The zero-order valence-electron chi connectivity index (χ0n) is 14.4. The molecule has 25 heavy (non-hydrogen) atoms. The highest BCUT2D eigenvalue weighted by Crippen LogP contribution is 2.12. The topological polar surface area (TPSA) is 78.4 Å². The minimum atomic E-state index is -0.706. The van der Waals surface area contributed by atoms with Crippen LogP contribution >= 0.6 is 0 Å². The lowest BCUT2D eigenvalue weighted by molar-refractivity contribution is -0.136. The van der Waals surface area contributed by atoms with Gasteiger partial charge in [0.25, 0.3) is 0 Å². The standard InChI is InChI=1S/C20H24N2O3/c1-2-3-6-15-9-11-18(12-10-15)22-20(25)19(24)21-13-16-7-4-5-8-17(16)14-23/h4-5,7-12,23H,2-3,6,13-14H2,1H3,(H,21,24)(H,22,25). The van der Waals surface area contributed by atoms with E-state index >= 15 is 0 Å². The van der Waals surface area contributed by atoms with E-state index in [9.17, 15) is 14.7 Å². The fourth-order valence-corrected chi connectivity index (χ4v) is 2.46. The first kappa shape index (κ1) is 18.7. The van der Waals surface area contributed by atoms with Gasteiger partial charge >= 0.3 is 11.8 Å². The lowest BCUT2D eigenvalue weighted by atomic mass is 10.1. The molecule has 0 bridgehead atoms. The molecule has 0 aliphatic carbocycles. The van der Waals surface area contributed by atoms with Crippen LogP contribution in [0.4, 0.5) is 5.69 Å². The van der Waals surface area contributed by atoms with Gasteiger partial charge in [-0.25, -0.2) is 0 Å². The number of anilines is 1. The first-order valence-corrected chi connectivity index (χ1v) is 8.49. The maximum absolute atomic E-state index is 12.0. The molecule has 0 spiro atoms. The fraction of sp³-hybridized carbons (Fsp3) is 0.300. The van der Waals surface area contributed by atoms with Crippen molar-refractivity contribution in [2.45, 2.75) is 39.3 Å². The van der Waals surface area contributed by atoms with Crippen LogP contribution in [0.3, 0.4) is 0 Å². The lowest BCUT2D eigenvalue weighted by Gasteiger charge is -2.09. The summed E-state index contributed by atoms with van der Waals surface area (Å²) in [6, 6.07) is 14.7. The Morgan fingerprint density at radius 1 is 0.960 bits per heavy atom. The number of rotatable bonds is 7. The van der Waals surface area contributed by atoms with E-state index in [0.29, 0.717) is 5.69 Å². The van der Waals surface area contributed by atoms with Crippen LogP contribution in [0.1, 0.15) is 36.5 Å². The van der Waals surface area contributed by atoms with Crippen molar-refractivity contribution in [3.05, 3.63) is 65.2 Å². The molecule has 0 aliphatic rings. The Balaban J connectivity index is 1.86. The smallest absolute Gasteiger partial charge is 0.313 e. The maximum atomic E-state index is 12.0. The Labute approximate surface area is 148 Å². The first-order chi connectivity index (χ1) is 12.1. The maximum Gasteiger partial charge on any atom is 0.313 e. The second kappa shape index (κ2) is 9.59. The molecule has 2 aromatic carbocycles. The Hall–Kier alpha value is -2.66. The summed E-state index contributed by atoms with van der Waals surface area (Å²) < 4.78 is 0. The summed E-state index contributed by atoms with van der Waals surface area (Å²) in [4.78, 5) is 23.9. The largest absolute Gasteiger partial charge is 0.392 e. The van der Waals surface area contributed by atoms with Gasteiger partial charge in [-0.2, -0.15) is 0 Å². The molecule has 0 saturated carbocycles. The molecule has 5 heteroatoms. The van der Waals surface area contributed by atoms with E-state index in [4.69, 9.17) is 0 Å². The number of aryl methyl sites for hydroxylation is 1. The van der Waals surface area contributed by atoms with Crippen molar-refractivity contribution < 1.29 is 14.7 Å². The van der Waals surface area contributed by atoms with Crippen molar-refractivity contribution in [1.29, 1.82) is 0 Å². The van der Waals surface area contributed by atoms with E-state index < -0.39 is 11.8 Å². The Morgan fingerprint density at radius 2 is 1.64 bits per heavy atom. The summed E-state index contributed by atoms with van der Waals surface area (Å²) in [5.41, 5.74) is 3.32. The van der Waals surface area contributed by atoms with Gasteiger partial charge in [-0.3, -0.25) is 9.59 Å². The number of carbonyl (C=O) groups is 2. The van der Waals surface area contributed by atoms with Crippen molar-refractivity contribution in [2.75, 3.05) is 5.32 Å². The number of unbranched alkanes of at least 4 members (excludes halogenated alkanes) is 1. The molecule has 0 saturated heterocycles. The van der Waals surface area contributed by atoms with Crippen LogP contribution in [0.15, 0.2) is 48.5 Å². The second-order valence-electron chi connectivity index (χ2n) is 5.86. The molecule has 2 rings (SSSR count). The van der Waals surface area contributed by atoms with Crippen molar-refractivity contribution in [2.24, 2.45) is 0 Å². The molecule has 0 aliphatic heterocycles. The summed E-state index contributed by atoms with van der Waals surface area (Å²) in [6.07, 6.45) is 3.27. The predicted molar refractivity (Wildman–Crippen MR) is 97.9 cm³/mol. The molecule has 0 heterocycles. The number of nitrogens with one attached hydrogen (secondary N) is 2. The minimum absolute atomic E-state index is 0.109. The average molecular weight is 340 g/mol. The fourth-order valence-electron chi connectivity index (χ4n) is 2.46. The molecule has 2 amide bonds. The summed E-state index contributed by atoms with van der Waals surface area (Å²) in [7, 11) is 0. The van der Waals surface area contributed by atoms with Crippen molar-refractivity contribution in [1.82, 2.24) is 5.32 Å². The van der Waals surface area contributed by atoms with Gasteiger partial charge in [-0.05, 0) is 41.7 Å². The van der Waals surface area contributed by atoms with Gasteiger partial charge in [-0.15, -0.1) is 0 Å². The highest BCUT2D eigenvalue weighted by molar-refractivity contribution is 6.39. The summed E-state index contributed by atoms with van der Waals surface area (Å²) in [6.45, 7) is 2.23. The summed E-state index contributed by atoms with van der Waals surface area (Å²) >= 11 is 0. The van der Waals surface area contributed by atoms with Crippen LogP contribution in [0.5, 0.6) is 0 Å². The van der Waals surface area contributed by atoms with Crippen LogP contribution in [0, 0.1) is 0 Å². The number of carbonyl (C=O) groups excluding carboxylic acids is 2. The van der Waals surface area contributed by atoms with Crippen molar-refractivity contribution >= 4 is 17.5 Å². The van der Waals surface area contributed by atoms with Crippen molar-refractivity contribution in [3.8, 4) is 0 Å². The predicted octanol–water partition coefficient (Wildman–Crippen LogP) is 2.78. The van der Waals surface area contributed by atoms with Gasteiger partial charge in [0.05, 0.1) is 6.61 Å². The normalized spacial score (nSPS) is 10.3. The molecule has 0 atom stereocenters. The quantitative estimate of drug-likeness (QED) is 0.678. The molecule has 0 unspecified atom stereocenters. The number of amides is 2. The van der Waals surface area contributed by atoms with E-state index in [2.05, 4.69) is 17.6 Å². The molecular formula is C20H24N2O3. The second-order valence-corrected chi connectivity index (χ2v) is 5.86. The zero-order chi connectivity index (χ0) is 18.1. The number of hydrogen-bond acceptors (Lipinski definition) is 3. The van der Waals surface area contributed by atoms with E-state index in [1.165, 1.54) is 5.56 Å². The molecule has 0 radical (unpaired) electrons. The monoisotopic (exact) mass is 340 g/mol. The average Bonchev–Trinajstić information content (AvgIpc) is 2.65. The van der Waals surface area contributed by atoms with E-state index in [-0.39, 0.29) is 13.2 Å². The van der Waals surface area contributed by atoms with E-state index in [1.807, 2.05) is 24.3 Å². The highest BCUT2D eigenvalue weighted by Gasteiger charge is 2.14. The number of benzene rings is 2. The van der Waals surface area contributed by atoms with Crippen LogP contribution in [-0.4, -0.2) is 16.9 Å². The molecule has 2 aromatic rings. The molecule has 0 fully saturated rings. The first-order valence-electron chi connectivity index (χ1n) is 8.49. The zero-order valence-corrected chi connectivity index (χ0v) is 14.4. The number of aliphatic hydroxyl groups is 1. The highest BCUT2D eigenvalue weighted by atomic mass is 16.3. The summed E-state index contributed by atoms with van der Waals surface area (Å²) in [5.74, 6) is -1.41. The molecule has 5 nitrogen and oxygen atoms in total. The van der Waals surface area contributed by atoms with Gasteiger partial charge in [-0.1, -0.05) is 49.7 Å². The van der Waals surface area contributed by atoms with Crippen LogP contribution in [0.25, 0.3) is 0 Å². The number of hydrogen-bond donors (Lipinski definition) is 3. The Kier molecular flexibility index (Phi) is 7.16. The Bertz CT molecular complexity index is 711. The van der Waals surface area contributed by atoms with Gasteiger partial charge in [0.1, 0.15) is 0 Å². The van der Waals surface area contributed by atoms with Crippen LogP contribution in [-0.2, 0) is 29.2 Å². The summed E-state index contributed by atoms with van der Waals surface area (Å²) in [5, 5.41) is 14.4. The van der Waals surface area contributed by atoms with Crippen LogP contribution < -0.4 is 10.6 Å². The molecule has 3 N–H and O–H groups in total. The van der Waals surface area contributed by atoms with Gasteiger partial charge in [0.2, 0.25) is 0 Å². The third-order valence-electron chi connectivity index (χ3n) is 3.97. The number of aliphatic hydroxyl groups excluding tert-OH is 1. The Morgan fingerprint density at radius 3 is 2.28 bits per heavy atom. The van der Waals surface area contributed by atoms with Crippen molar-refractivity contribution in [3.63, 3.8) is 0 Å². The van der Waals surface area contributed by atoms with Gasteiger partial charge in [0.15, 0.2) is 0 Å². The minimum Gasteiger partial charge on any atom is -0.392 e.